The van der Waals surface area contributed by atoms with Crippen LogP contribution >= 0.6 is 0 Å². The van der Waals surface area contributed by atoms with Gasteiger partial charge in [-0.3, -0.25) is 4.79 Å². The molecule has 2 aromatic rings. The van der Waals surface area contributed by atoms with Crippen molar-refractivity contribution in [1.82, 2.24) is 0 Å². The highest BCUT2D eigenvalue weighted by molar-refractivity contribution is 6.09. The molecule has 0 atom stereocenters. The molecule has 20 heavy (non-hydrogen) atoms. The van der Waals surface area contributed by atoms with Crippen LogP contribution in [-0.2, 0) is 0 Å². The maximum atomic E-state index is 13.5. The summed E-state index contributed by atoms with van der Waals surface area (Å²) in [6.45, 7) is 4.29. The van der Waals surface area contributed by atoms with Gasteiger partial charge < -0.3 is 10.6 Å². The highest BCUT2D eigenvalue weighted by Gasteiger charge is 2.20. The SMILES string of the molecule is CCN(C(=O)c1cccc(F)c1N)c1ccccc1C. The monoisotopic (exact) mass is 272 g/mol. The zero-order valence-corrected chi connectivity index (χ0v) is 11.6. The van der Waals surface area contributed by atoms with Crippen LogP contribution in [0.2, 0.25) is 0 Å². The van der Waals surface area contributed by atoms with Crippen molar-refractivity contribution >= 4 is 17.3 Å². The Kier molecular flexibility index (Phi) is 4.03. The van der Waals surface area contributed by atoms with Crippen LogP contribution in [0.4, 0.5) is 15.8 Å². The average molecular weight is 272 g/mol. The van der Waals surface area contributed by atoms with Gasteiger partial charge in [-0.15, -0.1) is 0 Å². The molecule has 0 fully saturated rings. The molecule has 104 valence electrons. The lowest BCUT2D eigenvalue weighted by Crippen LogP contribution is -2.32. The van der Waals surface area contributed by atoms with Crippen molar-refractivity contribution in [2.45, 2.75) is 13.8 Å². The predicted octanol–water partition coefficient (Wildman–Crippen LogP) is 3.38. The standard InChI is InChI=1S/C16H17FN2O/c1-3-19(14-10-5-4-7-11(14)2)16(20)12-8-6-9-13(17)15(12)18/h4-10H,3,18H2,1-2H3. The van der Waals surface area contributed by atoms with Gasteiger partial charge in [0.25, 0.3) is 5.91 Å². The lowest BCUT2D eigenvalue weighted by atomic mass is 10.1. The number of benzene rings is 2. The molecular formula is C16H17FN2O. The molecule has 4 heteroatoms. The van der Waals surface area contributed by atoms with E-state index in [9.17, 15) is 9.18 Å². The van der Waals surface area contributed by atoms with Crippen LogP contribution in [0.15, 0.2) is 42.5 Å². The number of carbonyl (C=O) groups excluding carboxylic acids is 1. The lowest BCUT2D eigenvalue weighted by Gasteiger charge is -2.23. The van der Waals surface area contributed by atoms with E-state index in [1.165, 1.54) is 12.1 Å². The predicted molar refractivity (Wildman–Crippen MR) is 79.3 cm³/mol. The third-order valence-corrected chi connectivity index (χ3v) is 3.25. The van der Waals surface area contributed by atoms with E-state index in [1.807, 2.05) is 38.1 Å². The van der Waals surface area contributed by atoms with Gasteiger partial charge in [0.1, 0.15) is 5.82 Å². The van der Waals surface area contributed by atoms with Gasteiger partial charge in [-0.25, -0.2) is 4.39 Å². The molecule has 1 amide bonds. The van der Waals surface area contributed by atoms with E-state index in [1.54, 1.807) is 11.0 Å². The van der Waals surface area contributed by atoms with Gasteiger partial charge in [0.05, 0.1) is 11.3 Å². The number of hydrogen-bond donors (Lipinski definition) is 1. The molecule has 2 N–H and O–H groups in total. The largest absolute Gasteiger partial charge is 0.396 e. The van der Waals surface area contributed by atoms with E-state index < -0.39 is 5.82 Å². The number of para-hydroxylation sites is 2. The summed E-state index contributed by atoms with van der Waals surface area (Å²) in [7, 11) is 0. The number of rotatable bonds is 3. The van der Waals surface area contributed by atoms with Crippen molar-refractivity contribution in [2.75, 3.05) is 17.2 Å². The molecule has 0 aliphatic carbocycles. The van der Waals surface area contributed by atoms with Gasteiger partial charge in [0, 0.05) is 12.2 Å². The van der Waals surface area contributed by atoms with Crippen LogP contribution in [0.25, 0.3) is 0 Å². The van der Waals surface area contributed by atoms with E-state index in [4.69, 9.17) is 5.73 Å². The van der Waals surface area contributed by atoms with Crippen LogP contribution in [-0.4, -0.2) is 12.5 Å². The summed E-state index contributed by atoms with van der Waals surface area (Å²) in [5, 5.41) is 0. The number of amides is 1. The Morgan fingerprint density at radius 3 is 2.55 bits per heavy atom. The minimum Gasteiger partial charge on any atom is -0.396 e. The molecule has 0 bridgehead atoms. The minimum absolute atomic E-state index is 0.107. The van der Waals surface area contributed by atoms with Crippen molar-refractivity contribution in [3.63, 3.8) is 0 Å². The maximum absolute atomic E-state index is 13.5. The van der Waals surface area contributed by atoms with E-state index in [2.05, 4.69) is 0 Å². The summed E-state index contributed by atoms with van der Waals surface area (Å²) < 4.78 is 13.5. The number of halogens is 1. The number of nitrogens with two attached hydrogens (primary N) is 1. The summed E-state index contributed by atoms with van der Waals surface area (Å²) in [4.78, 5) is 14.2. The quantitative estimate of drug-likeness (QED) is 0.871. The Morgan fingerprint density at radius 1 is 1.20 bits per heavy atom. The van der Waals surface area contributed by atoms with E-state index in [0.29, 0.717) is 6.54 Å². The summed E-state index contributed by atoms with van der Waals surface area (Å²) in [5.74, 6) is -0.865. The Bertz CT molecular complexity index is 640. The number of nitrogens with zero attached hydrogens (tertiary/aromatic N) is 1. The molecule has 0 spiro atoms. The molecule has 0 heterocycles. The minimum atomic E-state index is -0.573. The van der Waals surface area contributed by atoms with Gasteiger partial charge in [0.2, 0.25) is 0 Å². The number of nitrogen functional groups attached to an aromatic ring is 1. The lowest BCUT2D eigenvalue weighted by molar-refractivity contribution is 0.0988. The van der Waals surface area contributed by atoms with Crippen molar-refractivity contribution in [3.8, 4) is 0 Å². The molecular weight excluding hydrogens is 255 g/mol. The molecule has 0 aliphatic rings. The van der Waals surface area contributed by atoms with E-state index >= 15 is 0 Å². The first-order valence-electron chi connectivity index (χ1n) is 6.47. The van der Waals surface area contributed by atoms with Gasteiger partial charge in [0.15, 0.2) is 0 Å². The average Bonchev–Trinajstić information content (AvgIpc) is 2.44. The third kappa shape index (κ3) is 2.50. The highest BCUT2D eigenvalue weighted by atomic mass is 19.1. The number of aryl methyl sites for hydroxylation is 1. The fourth-order valence-corrected chi connectivity index (χ4v) is 2.16. The molecule has 3 nitrogen and oxygen atoms in total. The van der Waals surface area contributed by atoms with E-state index in [0.717, 1.165) is 11.3 Å². The number of hydrogen-bond acceptors (Lipinski definition) is 2. The van der Waals surface area contributed by atoms with Crippen LogP contribution in [0.3, 0.4) is 0 Å². The van der Waals surface area contributed by atoms with Crippen LogP contribution in [0.1, 0.15) is 22.8 Å². The third-order valence-electron chi connectivity index (χ3n) is 3.25. The molecule has 0 radical (unpaired) electrons. The van der Waals surface area contributed by atoms with Gasteiger partial charge in [-0.2, -0.15) is 0 Å². The molecule has 0 aliphatic heterocycles. The van der Waals surface area contributed by atoms with Crippen molar-refractivity contribution in [2.24, 2.45) is 0 Å². The Morgan fingerprint density at radius 2 is 1.90 bits per heavy atom. The van der Waals surface area contributed by atoms with Crippen LogP contribution < -0.4 is 10.6 Å². The topological polar surface area (TPSA) is 46.3 Å². The summed E-state index contributed by atoms with van der Waals surface area (Å²) in [6, 6.07) is 11.9. The molecule has 2 rings (SSSR count). The summed E-state index contributed by atoms with van der Waals surface area (Å²) in [6.07, 6.45) is 0. The van der Waals surface area contributed by atoms with Crippen molar-refractivity contribution < 1.29 is 9.18 Å². The van der Waals surface area contributed by atoms with Crippen LogP contribution in [0, 0.1) is 12.7 Å². The smallest absolute Gasteiger partial charge is 0.260 e. The normalized spacial score (nSPS) is 10.3. The van der Waals surface area contributed by atoms with E-state index in [-0.39, 0.29) is 17.2 Å². The Balaban J connectivity index is 2.45. The summed E-state index contributed by atoms with van der Waals surface area (Å²) in [5.41, 5.74) is 7.55. The second-order valence-electron chi connectivity index (χ2n) is 4.54. The fraction of sp³-hybridized carbons (Fsp3) is 0.188. The molecule has 0 saturated carbocycles. The first kappa shape index (κ1) is 14.1. The number of carbonyl (C=O) groups is 1. The molecule has 0 unspecified atom stereocenters. The molecule has 0 saturated heterocycles. The van der Waals surface area contributed by atoms with Gasteiger partial charge >= 0.3 is 0 Å². The van der Waals surface area contributed by atoms with Crippen molar-refractivity contribution in [3.05, 3.63) is 59.4 Å². The zero-order chi connectivity index (χ0) is 14.7. The summed E-state index contributed by atoms with van der Waals surface area (Å²) >= 11 is 0. The second kappa shape index (κ2) is 5.74. The van der Waals surface area contributed by atoms with Gasteiger partial charge in [-0.05, 0) is 37.6 Å². The maximum Gasteiger partial charge on any atom is 0.260 e. The molecule has 2 aromatic carbocycles. The Labute approximate surface area is 117 Å². The first-order valence-corrected chi connectivity index (χ1v) is 6.47. The van der Waals surface area contributed by atoms with Crippen LogP contribution in [0.5, 0.6) is 0 Å². The van der Waals surface area contributed by atoms with Gasteiger partial charge in [-0.1, -0.05) is 24.3 Å². The fourth-order valence-electron chi connectivity index (χ4n) is 2.16. The highest BCUT2D eigenvalue weighted by Crippen LogP contribution is 2.24. The molecule has 0 aromatic heterocycles. The first-order chi connectivity index (χ1) is 9.56. The van der Waals surface area contributed by atoms with Crippen molar-refractivity contribution in [1.29, 1.82) is 0 Å². The number of anilines is 2. The second-order valence-corrected chi connectivity index (χ2v) is 4.54. The zero-order valence-electron chi connectivity index (χ0n) is 11.6. The Hall–Kier alpha value is -2.36.